The summed E-state index contributed by atoms with van der Waals surface area (Å²) in [6.45, 7) is 1.87. The zero-order valence-corrected chi connectivity index (χ0v) is 10.2. The number of hydroxylamine groups is 1. The number of hydrogen-bond donors (Lipinski definition) is 1. The van der Waals surface area contributed by atoms with Crippen LogP contribution in [0.2, 0.25) is 0 Å². The van der Waals surface area contributed by atoms with E-state index in [0.717, 1.165) is 5.56 Å². The highest BCUT2D eigenvalue weighted by Gasteiger charge is 2.50. The van der Waals surface area contributed by atoms with Gasteiger partial charge in [0.15, 0.2) is 5.72 Å². The molecule has 0 saturated carbocycles. The molecule has 1 fully saturated rings. The van der Waals surface area contributed by atoms with E-state index >= 15 is 0 Å². The van der Waals surface area contributed by atoms with Gasteiger partial charge < -0.3 is 9.47 Å². The van der Waals surface area contributed by atoms with Crippen LogP contribution in [0.5, 0.6) is 0 Å². The molecule has 2 rings (SSSR count). The molecule has 0 amide bonds. The van der Waals surface area contributed by atoms with Gasteiger partial charge in [-0.05, 0) is 12.5 Å². The highest BCUT2D eigenvalue weighted by Crippen LogP contribution is 2.30. The summed E-state index contributed by atoms with van der Waals surface area (Å²) >= 11 is 0. The van der Waals surface area contributed by atoms with Crippen molar-refractivity contribution in [3.8, 4) is 0 Å². The van der Waals surface area contributed by atoms with Crippen molar-refractivity contribution in [3.05, 3.63) is 35.9 Å². The molecule has 5 nitrogen and oxygen atoms in total. The minimum Gasteiger partial charge on any atom is -0.305 e. The number of nitrogens with one attached hydrogen (secondary N) is 1. The number of hydrogen-bond acceptors (Lipinski definition) is 5. The maximum atomic E-state index is 5.66. The Balaban J connectivity index is 2.07. The van der Waals surface area contributed by atoms with Gasteiger partial charge in [-0.1, -0.05) is 30.3 Å². The van der Waals surface area contributed by atoms with Crippen molar-refractivity contribution in [3.63, 3.8) is 0 Å². The standard InChI is InChI=1S/C12H17NO4/c1-11(9-10-7-5-4-6-8-10)13-17-12(14-2,15-3)16-11/h4-8,13H,9H2,1-3H3. The summed E-state index contributed by atoms with van der Waals surface area (Å²) in [5.41, 5.74) is 3.25. The molecule has 1 aliphatic heterocycles. The van der Waals surface area contributed by atoms with E-state index in [-0.39, 0.29) is 0 Å². The molecule has 1 atom stereocenters. The number of methoxy groups -OCH3 is 2. The molecule has 1 unspecified atom stereocenters. The van der Waals surface area contributed by atoms with Gasteiger partial charge in [-0.2, -0.15) is 5.48 Å². The molecule has 1 aliphatic rings. The van der Waals surface area contributed by atoms with E-state index in [9.17, 15) is 0 Å². The second-order valence-electron chi connectivity index (χ2n) is 4.11. The Bertz CT molecular complexity index is 366. The topological polar surface area (TPSA) is 49.0 Å². The second kappa shape index (κ2) is 4.72. The van der Waals surface area contributed by atoms with Crippen molar-refractivity contribution in [1.29, 1.82) is 0 Å². The minimum absolute atomic E-state index is 0.641. The average molecular weight is 239 g/mol. The van der Waals surface area contributed by atoms with Crippen molar-refractivity contribution < 1.29 is 19.0 Å². The lowest BCUT2D eigenvalue weighted by Gasteiger charge is -2.25. The Labute approximate surface area is 101 Å². The van der Waals surface area contributed by atoms with Gasteiger partial charge in [-0.3, -0.25) is 4.74 Å². The van der Waals surface area contributed by atoms with Crippen LogP contribution >= 0.6 is 0 Å². The Morgan fingerprint density at radius 2 is 1.82 bits per heavy atom. The maximum absolute atomic E-state index is 5.66. The smallest absolute Gasteiger partial charge is 0.305 e. The minimum atomic E-state index is -1.47. The van der Waals surface area contributed by atoms with Gasteiger partial charge in [0, 0.05) is 20.6 Å². The van der Waals surface area contributed by atoms with Crippen LogP contribution in [-0.2, 0) is 25.5 Å². The van der Waals surface area contributed by atoms with Gasteiger partial charge in [-0.15, -0.1) is 0 Å². The Morgan fingerprint density at radius 3 is 2.35 bits per heavy atom. The third-order valence-electron chi connectivity index (χ3n) is 2.63. The third-order valence-corrected chi connectivity index (χ3v) is 2.63. The molecule has 1 aromatic rings. The summed E-state index contributed by atoms with van der Waals surface area (Å²) in [6, 6.07) is 9.98. The number of benzene rings is 1. The monoisotopic (exact) mass is 239 g/mol. The first kappa shape index (κ1) is 12.5. The first-order valence-corrected chi connectivity index (χ1v) is 5.41. The van der Waals surface area contributed by atoms with E-state index in [0.29, 0.717) is 6.42 Å². The zero-order chi connectivity index (χ0) is 12.4. The van der Waals surface area contributed by atoms with Crippen LogP contribution in [0.15, 0.2) is 30.3 Å². The quantitative estimate of drug-likeness (QED) is 0.805. The lowest BCUT2D eigenvalue weighted by molar-refractivity contribution is -0.462. The first-order chi connectivity index (χ1) is 8.11. The molecule has 1 aromatic carbocycles. The van der Waals surface area contributed by atoms with Crippen LogP contribution in [0.3, 0.4) is 0 Å². The van der Waals surface area contributed by atoms with Gasteiger partial charge in [0.05, 0.1) is 0 Å². The summed E-state index contributed by atoms with van der Waals surface area (Å²) in [4.78, 5) is 5.21. The Morgan fingerprint density at radius 1 is 1.18 bits per heavy atom. The predicted molar refractivity (Wildman–Crippen MR) is 60.6 cm³/mol. The largest absolute Gasteiger partial charge is 0.430 e. The van der Waals surface area contributed by atoms with Gasteiger partial charge in [-0.25, -0.2) is 4.84 Å². The van der Waals surface area contributed by atoms with E-state index in [4.69, 9.17) is 19.0 Å². The van der Waals surface area contributed by atoms with Crippen LogP contribution in [0.25, 0.3) is 0 Å². The summed E-state index contributed by atoms with van der Waals surface area (Å²) in [5.74, 6) is 0. The van der Waals surface area contributed by atoms with Crippen molar-refractivity contribution in [2.75, 3.05) is 14.2 Å². The molecule has 94 valence electrons. The van der Waals surface area contributed by atoms with Crippen LogP contribution < -0.4 is 5.48 Å². The van der Waals surface area contributed by atoms with E-state index in [1.165, 1.54) is 14.2 Å². The average Bonchev–Trinajstić information content (AvgIpc) is 2.69. The van der Waals surface area contributed by atoms with Crippen LogP contribution in [-0.4, -0.2) is 26.1 Å². The van der Waals surface area contributed by atoms with Gasteiger partial charge in [0.1, 0.15) is 0 Å². The molecule has 1 saturated heterocycles. The maximum Gasteiger partial charge on any atom is 0.430 e. The van der Waals surface area contributed by atoms with Crippen LogP contribution in [0.1, 0.15) is 12.5 Å². The molecular formula is C12H17NO4. The molecule has 0 radical (unpaired) electrons. The Hall–Kier alpha value is -0.980. The lowest BCUT2D eigenvalue weighted by atomic mass is 10.1. The SMILES string of the molecule is COC1(OC)ONC(C)(Cc2ccccc2)O1. The molecule has 0 bridgehead atoms. The number of ether oxygens (including phenoxy) is 3. The lowest BCUT2D eigenvalue weighted by Crippen LogP contribution is -2.41. The summed E-state index contributed by atoms with van der Waals surface area (Å²) in [7, 11) is 2.92. The van der Waals surface area contributed by atoms with Crippen LogP contribution in [0, 0.1) is 0 Å². The van der Waals surface area contributed by atoms with Gasteiger partial charge >= 0.3 is 6.16 Å². The summed E-state index contributed by atoms with van der Waals surface area (Å²) < 4.78 is 15.8. The first-order valence-electron chi connectivity index (χ1n) is 5.41. The fraction of sp³-hybridized carbons (Fsp3) is 0.500. The van der Waals surface area contributed by atoms with E-state index in [1.54, 1.807) is 0 Å². The molecule has 0 aliphatic carbocycles. The van der Waals surface area contributed by atoms with Crippen molar-refractivity contribution in [2.45, 2.75) is 25.2 Å². The van der Waals surface area contributed by atoms with Crippen molar-refractivity contribution >= 4 is 0 Å². The highest BCUT2D eigenvalue weighted by atomic mass is 17.1. The van der Waals surface area contributed by atoms with Gasteiger partial charge in [0.25, 0.3) is 0 Å². The fourth-order valence-corrected chi connectivity index (χ4v) is 1.80. The van der Waals surface area contributed by atoms with Gasteiger partial charge in [0.2, 0.25) is 0 Å². The highest BCUT2D eigenvalue weighted by molar-refractivity contribution is 5.16. The summed E-state index contributed by atoms with van der Waals surface area (Å²) in [6.07, 6.45) is -0.828. The van der Waals surface area contributed by atoms with Crippen molar-refractivity contribution in [1.82, 2.24) is 5.48 Å². The van der Waals surface area contributed by atoms with Crippen molar-refractivity contribution in [2.24, 2.45) is 0 Å². The second-order valence-corrected chi connectivity index (χ2v) is 4.11. The molecular weight excluding hydrogens is 222 g/mol. The third kappa shape index (κ3) is 2.65. The molecule has 17 heavy (non-hydrogen) atoms. The fourth-order valence-electron chi connectivity index (χ4n) is 1.80. The molecule has 0 aromatic heterocycles. The van der Waals surface area contributed by atoms with E-state index in [1.807, 2.05) is 37.3 Å². The molecule has 1 heterocycles. The predicted octanol–water partition coefficient (Wildman–Crippen LogP) is 1.40. The van der Waals surface area contributed by atoms with E-state index < -0.39 is 11.9 Å². The molecule has 1 N–H and O–H groups in total. The zero-order valence-electron chi connectivity index (χ0n) is 10.2. The van der Waals surface area contributed by atoms with Crippen LogP contribution in [0.4, 0.5) is 0 Å². The Kier molecular flexibility index (Phi) is 3.46. The normalized spacial score (nSPS) is 27.2. The van der Waals surface area contributed by atoms with E-state index in [2.05, 4.69) is 5.48 Å². The molecule has 5 heteroatoms. The molecule has 0 spiro atoms. The summed E-state index contributed by atoms with van der Waals surface area (Å²) in [5, 5.41) is 0. The number of rotatable bonds is 4.